The number of nitrogens with one attached hydrogen (secondary N) is 1. The predicted octanol–water partition coefficient (Wildman–Crippen LogP) is 1.89. The van der Waals surface area contributed by atoms with Gasteiger partial charge in [-0.05, 0) is 17.7 Å². The zero-order valence-electron chi connectivity index (χ0n) is 14.5. The average Bonchev–Trinajstić information content (AvgIpc) is 3.04. The van der Waals surface area contributed by atoms with Crippen molar-refractivity contribution in [2.24, 2.45) is 5.10 Å². The molecular weight excluding hydrogens is 416 g/mol. The van der Waals surface area contributed by atoms with Crippen molar-refractivity contribution in [2.45, 2.75) is 25.9 Å². The number of carbonyl (C=O) groups excluding carboxylic acids is 1. The second-order valence-corrected chi connectivity index (χ2v) is 6.95. The molecule has 2 N–H and O–H groups in total. The Balaban J connectivity index is 2.09. The Morgan fingerprint density at radius 2 is 2.07 bits per heavy atom. The minimum Gasteiger partial charge on any atom is -0.494 e. The largest absolute Gasteiger partial charge is 0.494 e. The Morgan fingerprint density at radius 3 is 2.67 bits per heavy atom. The molecule has 0 bridgehead atoms. The molecule has 27 heavy (non-hydrogen) atoms. The number of H-pyrrole nitrogens is 1. The third-order valence-electron chi connectivity index (χ3n) is 4.26. The van der Waals surface area contributed by atoms with E-state index in [2.05, 4.69) is 32.6 Å². The van der Waals surface area contributed by atoms with Crippen LogP contribution in [0.4, 0.5) is 0 Å². The van der Waals surface area contributed by atoms with Gasteiger partial charge in [-0.1, -0.05) is 34.1 Å². The highest BCUT2D eigenvalue weighted by atomic mass is 79.9. The van der Waals surface area contributed by atoms with E-state index in [0.29, 0.717) is 0 Å². The van der Waals surface area contributed by atoms with Gasteiger partial charge in [0.25, 0.3) is 5.56 Å². The number of amides is 1. The van der Waals surface area contributed by atoms with Crippen LogP contribution >= 0.6 is 15.9 Å². The number of hydrogen-bond acceptors (Lipinski definition) is 5. The monoisotopic (exact) mass is 432 g/mol. The molecule has 0 fully saturated rings. The number of nitrogens with zero attached hydrogens (tertiary/aromatic N) is 3. The van der Waals surface area contributed by atoms with Crippen LogP contribution in [-0.4, -0.2) is 31.3 Å². The molecule has 1 aromatic heterocycles. The fourth-order valence-corrected chi connectivity index (χ4v) is 3.28. The minimum absolute atomic E-state index is 0.0221. The summed E-state index contributed by atoms with van der Waals surface area (Å²) < 4.78 is 1.88. The van der Waals surface area contributed by atoms with Gasteiger partial charge in [0.05, 0.1) is 11.8 Å². The Hall–Kier alpha value is -2.94. The normalized spacial score (nSPS) is 16.3. The average molecular weight is 433 g/mol. The molecule has 1 aromatic carbocycles. The number of aromatic hydroxyl groups is 1. The number of rotatable bonds is 4. The first-order chi connectivity index (χ1) is 12.8. The Labute approximate surface area is 162 Å². The molecule has 1 atom stereocenters. The summed E-state index contributed by atoms with van der Waals surface area (Å²) in [6, 6.07) is 6.99. The smallest absolute Gasteiger partial charge is 0.331 e. The van der Waals surface area contributed by atoms with Crippen molar-refractivity contribution >= 4 is 27.5 Å². The third kappa shape index (κ3) is 3.50. The number of carbonyl (C=O) groups is 1. The van der Waals surface area contributed by atoms with Gasteiger partial charge in [0.15, 0.2) is 0 Å². The molecule has 1 amide bonds. The van der Waals surface area contributed by atoms with Gasteiger partial charge in [-0.25, -0.2) is 9.80 Å². The van der Waals surface area contributed by atoms with Crippen LogP contribution in [0.15, 0.2) is 56.1 Å². The molecule has 9 heteroatoms. The zero-order chi connectivity index (χ0) is 19.7. The molecule has 0 spiro atoms. The molecule has 2 heterocycles. The van der Waals surface area contributed by atoms with E-state index < -0.39 is 23.2 Å². The van der Waals surface area contributed by atoms with Crippen LogP contribution in [-0.2, 0) is 11.3 Å². The van der Waals surface area contributed by atoms with E-state index in [4.69, 9.17) is 0 Å². The van der Waals surface area contributed by atoms with Gasteiger partial charge in [-0.15, -0.1) is 6.58 Å². The maximum absolute atomic E-state index is 12.3. The first kappa shape index (κ1) is 18.8. The van der Waals surface area contributed by atoms with Crippen LogP contribution in [0, 0.1) is 0 Å². The summed E-state index contributed by atoms with van der Waals surface area (Å²) in [7, 11) is 0. The highest BCUT2D eigenvalue weighted by molar-refractivity contribution is 9.10. The fraction of sp³-hybridized carbons (Fsp3) is 0.222. The van der Waals surface area contributed by atoms with Gasteiger partial charge in [-0.3, -0.25) is 19.1 Å². The molecule has 8 nitrogen and oxygen atoms in total. The number of hydrazone groups is 1. The van der Waals surface area contributed by atoms with Gasteiger partial charge < -0.3 is 5.11 Å². The molecule has 0 saturated heterocycles. The number of benzene rings is 1. The van der Waals surface area contributed by atoms with E-state index in [0.717, 1.165) is 14.6 Å². The van der Waals surface area contributed by atoms with Crippen molar-refractivity contribution in [3.63, 3.8) is 0 Å². The van der Waals surface area contributed by atoms with Crippen LogP contribution in [0.25, 0.3) is 0 Å². The second kappa shape index (κ2) is 7.36. The molecule has 0 radical (unpaired) electrons. The van der Waals surface area contributed by atoms with E-state index in [1.807, 2.05) is 24.3 Å². The lowest BCUT2D eigenvalue weighted by atomic mass is 9.99. The molecule has 0 unspecified atom stereocenters. The van der Waals surface area contributed by atoms with Crippen molar-refractivity contribution < 1.29 is 9.90 Å². The first-order valence-corrected chi connectivity index (χ1v) is 8.93. The molecule has 0 saturated carbocycles. The summed E-state index contributed by atoms with van der Waals surface area (Å²) in [6.45, 7) is 4.93. The van der Waals surface area contributed by atoms with Gasteiger partial charge in [0.2, 0.25) is 11.8 Å². The maximum atomic E-state index is 12.3. The predicted molar refractivity (Wildman–Crippen MR) is 104 cm³/mol. The SMILES string of the molecule is C=CCn1c(O)c(C2=NN(C(C)=O)[C@H](c3ccc(Br)cc3)C2)c(=O)[nH]c1=O. The molecule has 140 valence electrons. The van der Waals surface area contributed by atoms with Crippen molar-refractivity contribution in [1.29, 1.82) is 0 Å². The highest BCUT2D eigenvalue weighted by Gasteiger charge is 2.34. The van der Waals surface area contributed by atoms with Crippen molar-refractivity contribution in [2.75, 3.05) is 0 Å². The van der Waals surface area contributed by atoms with Crippen molar-refractivity contribution in [3.05, 3.63) is 73.4 Å². The molecule has 1 aliphatic heterocycles. The summed E-state index contributed by atoms with van der Waals surface area (Å²) in [6.07, 6.45) is 1.65. The van der Waals surface area contributed by atoms with Gasteiger partial charge in [0, 0.05) is 24.4 Å². The van der Waals surface area contributed by atoms with E-state index in [9.17, 15) is 19.5 Å². The van der Waals surface area contributed by atoms with Crippen LogP contribution in [0.1, 0.15) is 30.5 Å². The molecule has 0 aliphatic carbocycles. The summed E-state index contributed by atoms with van der Waals surface area (Å²) in [5.74, 6) is -0.796. The third-order valence-corrected chi connectivity index (χ3v) is 4.79. The maximum Gasteiger partial charge on any atom is 0.331 e. The van der Waals surface area contributed by atoms with Gasteiger partial charge in [-0.2, -0.15) is 5.10 Å². The second-order valence-electron chi connectivity index (χ2n) is 6.04. The van der Waals surface area contributed by atoms with E-state index in [-0.39, 0.29) is 30.1 Å². The van der Waals surface area contributed by atoms with Gasteiger partial charge in [0.1, 0.15) is 5.56 Å². The summed E-state index contributed by atoms with van der Waals surface area (Å²) in [5, 5.41) is 16.0. The number of aromatic nitrogens is 2. The molecule has 3 rings (SSSR count). The highest BCUT2D eigenvalue weighted by Crippen LogP contribution is 2.34. The lowest BCUT2D eigenvalue weighted by molar-refractivity contribution is -0.130. The Kier molecular flexibility index (Phi) is 5.13. The Bertz CT molecular complexity index is 1050. The summed E-state index contributed by atoms with van der Waals surface area (Å²) in [5.41, 5.74) is -0.552. The van der Waals surface area contributed by atoms with Gasteiger partial charge >= 0.3 is 5.69 Å². The lowest BCUT2D eigenvalue weighted by Crippen LogP contribution is -2.33. The zero-order valence-corrected chi connectivity index (χ0v) is 16.1. The Morgan fingerprint density at radius 1 is 1.41 bits per heavy atom. The fourth-order valence-electron chi connectivity index (χ4n) is 3.01. The van der Waals surface area contributed by atoms with Crippen molar-refractivity contribution in [3.8, 4) is 5.88 Å². The van der Waals surface area contributed by atoms with Crippen LogP contribution < -0.4 is 11.2 Å². The summed E-state index contributed by atoms with van der Waals surface area (Å²) in [4.78, 5) is 38.5. The first-order valence-electron chi connectivity index (χ1n) is 8.13. The van der Waals surface area contributed by atoms with Crippen LogP contribution in [0.2, 0.25) is 0 Å². The van der Waals surface area contributed by atoms with E-state index in [1.165, 1.54) is 18.0 Å². The quantitative estimate of drug-likeness (QED) is 0.718. The topological polar surface area (TPSA) is 108 Å². The number of aromatic amines is 1. The van der Waals surface area contributed by atoms with E-state index >= 15 is 0 Å². The number of allylic oxidation sites excluding steroid dienone is 1. The number of halogens is 1. The minimum atomic E-state index is -0.753. The van der Waals surface area contributed by atoms with Crippen molar-refractivity contribution in [1.82, 2.24) is 14.6 Å². The lowest BCUT2D eigenvalue weighted by Gasteiger charge is -2.20. The summed E-state index contributed by atoms with van der Waals surface area (Å²) >= 11 is 3.37. The van der Waals surface area contributed by atoms with Crippen LogP contribution in [0.3, 0.4) is 0 Å². The number of hydrogen-bond donors (Lipinski definition) is 2. The molecule has 1 aliphatic rings. The van der Waals surface area contributed by atoms with Crippen LogP contribution in [0.5, 0.6) is 5.88 Å². The van der Waals surface area contributed by atoms with E-state index in [1.54, 1.807) is 0 Å². The molecular formula is C18H17BrN4O4. The standard InChI is InChI=1S/C18H17BrN4O4/c1-3-8-22-17(26)15(16(25)20-18(22)27)13-9-14(23(21-13)10(2)24)11-4-6-12(19)7-5-11/h3-7,14,26H,1,8-9H2,2H3,(H,20,25,27)/t14-/m0/s1. The molecule has 2 aromatic rings.